The molecule has 2 fully saturated rings. The SMILES string of the molecule is Cl.O=C(CCCNC(=O)NC1CCCCC1)NCC1CCCNC1. The molecule has 0 aromatic rings. The monoisotopic (exact) mass is 360 g/mol. The first-order valence-electron chi connectivity index (χ1n) is 9.26. The molecular weight excluding hydrogens is 328 g/mol. The van der Waals surface area contributed by atoms with Crippen LogP contribution in [0, 0.1) is 5.92 Å². The van der Waals surface area contributed by atoms with Gasteiger partial charge in [0.05, 0.1) is 0 Å². The van der Waals surface area contributed by atoms with E-state index in [2.05, 4.69) is 21.3 Å². The van der Waals surface area contributed by atoms with Crippen molar-refractivity contribution in [2.24, 2.45) is 5.92 Å². The van der Waals surface area contributed by atoms with Gasteiger partial charge in [0, 0.05) is 25.6 Å². The minimum atomic E-state index is -0.0920. The molecule has 1 aliphatic heterocycles. The van der Waals surface area contributed by atoms with E-state index in [9.17, 15) is 9.59 Å². The number of hydrogen-bond acceptors (Lipinski definition) is 3. The first kappa shape index (κ1) is 21.0. The summed E-state index contributed by atoms with van der Waals surface area (Å²) in [5.74, 6) is 0.650. The van der Waals surface area contributed by atoms with Crippen LogP contribution in [0.3, 0.4) is 0 Å². The van der Waals surface area contributed by atoms with Gasteiger partial charge in [-0.2, -0.15) is 0 Å². The highest BCUT2D eigenvalue weighted by atomic mass is 35.5. The number of urea groups is 1. The van der Waals surface area contributed by atoms with Gasteiger partial charge in [0.2, 0.25) is 5.91 Å². The van der Waals surface area contributed by atoms with Crippen molar-refractivity contribution in [3.63, 3.8) is 0 Å². The van der Waals surface area contributed by atoms with Crippen LogP contribution in [0.2, 0.25) is 0 Å². The molecule has 1 atom stereocenters. The van der Waals surface area contributed by atoms with E-state index in [1.165, 1.54) is 32.1 Å². The number of halogens is 1. The summed E-state index contributed by atoms with van der Waals surface area (Å²) in [6.45, 7) is 3.42. The molecule has 0 spiro atoms. The van der Waals surface area contributed by atoms with Crippen LogP contribution in [-0.2, 0) is 4.79 Å². The van der Waals surface area contributed by atoms with Gasteiger partial charge in [-0.25, -0.2) is 4.79 Å². The minimum absolute atomic E-state index is 0. The number of carbonyl (C=O) groups is 2. The number of hydrogen-bond donors (Lipinski definition) is 4. The molecule has 2 aliphatic rings. The van der Waals surface area contributed by atoms with Crippen molar-refractivity contribution in [2.75, 3.05) is 26.2 Å². The van der Waals surface area contributed by atoms with Crippen LogP contribution in [0.15, 0.2) is 0 Å². The lowest BCUT2D eigenvalue weighted by atomic mass is 9.96. The fourth-order valence-electron chi connectivity index (χ4n) is 3.38. The molecule has 1 unspecified atom stereocenters. The van der Waals surface area contributed by atoms with Gasteiger partial charge in [0.25, 0.3) is 0 Å². The van der Waals surface area contributed by atoms with Crippen LogP contribution in [-0.4, -0.2) is 44.2 Å². The van der Waals surface area contributed by atoms with E-state index in [1.807, 2.05) is 0 Å². The number of nitrogens with one attached hydrogen (secondary N) is 4. The average molecular weight is 361 g/mol. The Morgan fingerprint density at radius 1 is 1.00 bits per heavy atom. The fraction of sp³-hybridized carbons (Fsp3) is 0.882. The van der Waals surface area contributed by atoms with Gasteiger partial charge in [-0.3, -0.25) is 4.79 Å². The molecule has 1 saturated carbocycles. The summed E-state index contributed by atoms with van der Waals surface area (Å²) >= 11 is 0. The zero-order valence-electron chi connectivity index (χ0n) is 14.6. The second kappa shape index (κ2) is 12.4. The molecule has 0 aromatic heterocycles. The molecule has 24 heavy (non-hydrogen) atoms. The van der Waals surface area contributed by atoms with Crippen molar-refractivity contribution < 1.29 is 9.59 Å². The quantitative estimate of drug-likeness (QED) is 0.524. The van der Waals surface area contributed by atoms with Crippen LogP contribution in [0.4, 0.5) is 4.79 Å². The highest BCUT2D eigenvalue weighted by molar-refractivity contribution is 5.85. The second-order valence-electron chi connectivity index (χ2n) is 6.86. The molecule has 1 heterocycles. The summed E-state index contributed by atoms with van der Waals surface area (Å²) in [6.07, 6.45) is 9.43. The maximum Gasteiger partial charge on any atom is 0.315 e. The molecule has 140 valence electrons. The fourth-order valence-corrected chi connectivity index (χ4v) is 3.38. The first-order chi connectivity index (χ1) is 11.2. The maximum absolute atomic E-state index is 11.8. The van der Waals surface area contributed by atoms with E-state index in [0.717, 1.165) is 32.5 Å². The van der Waals surface area contributed by atoms with Gasteiger partial charge in [0.1, 0.15) is 0 Å². The Balaban J connectivity index is 0.00000288. The Kier molecular flexibility index (Phi) is 10.8. The lowest BCUT2D eigenvalue weighted by Crippen LogP contribution is -2.43. The molecule has 0 bridgehead atoms. The summed E-state index contributed by atoms with van der Waals surface area (Å²) in [4.78, 5) is 23.5. The first-order valence-corrected chi connectivity index (χ1v) is 9.26. The molecule has 2 rings (SSSR count). The number of carbonyl (C=O) groups excluding carboxylic acids is 2. The number of amides is 3. The molecule has 3 amide bonds. The van der Waals surface area contributed by atoms with Crippen LogP contribution >= 0.6 is 12.4 Å². The van der Waals surface area contributed by atoms with E-state index in [1.54, 1.807) is 0 Å². The topological polar surface area (TPSA) is 82.3 Å². The highest BCUT2D eigenvalue weighted by Gasteiger charge is 2.15. The minimum Gasteiger partial charge on any atom is -0.356 e. The number of piperidine rings is 1. The summed E-state index contributed by atoms with van der Waals surface area (Å²) in [7, 11) is 0. The largest absolute Gasteiger partial charge is 0.356 e. The second-order valence-corrected chi connectivity index (χ2v) is 6.86. The van der Waals surface area contributed by atoms with Crippen LogP contribution in [0.1, 0.15) is 57.8 Å². The molecule has 1 aliphatic carbocycles. The van der Waals surface area contributed by atoms with Gasteiger partial charge >= 0.3 is 6.03 Å². The van der Waals surface area contributed by atoms with Crippen molar-refractivity contribution in [2.45, 2.75) is 63.8 Å². The van der Waals surface area contributed by atoms with Gasteiger partial charge in [-0.05, 0) is 51.1 Å². The Morgan fingerprint density at radius 2 is 1.79 bits per heavy atom. The van der Waals surface area contributed by atoms with Gasteiger partial charge < -0.3 is 21.3 Å². The zero-order valence-corrected chi connectivity index (χ0v) is 15.4. The van der Waals surface area contributed by atoms with Crippen molar-refractivity contribution >= 4 is 24.3 Å². The Hall–Kier alpha value is -1.01. The van der Waals surface area contributed by atoms with Crippen molar-refractivity contribution in [3.05, 3.63) is 0 Å². The third-order valence-corrected chi connectivity index (χ3v) is 4.79. The molecule has 4 N–H and O–H groups in total. The Morgan fingerprint density at radius 3 is 2.50 bits per heavy atom. The molecule has 6 nitrogen and oxygen atoms in total. The van der Waals surface area contributed by atoms with Crippen LogP contribution in [0.5, 0.6) is 0 Å². The molecule has 0 aromatic carbocycles. The van der Waals surface area contributed by atoms with Gasteiger partial charge in [0.15, 0.2) is 0 Å². The lowest BCUT2D eigenvalue weighted by molar-refractivity contribution is -0.121. The Bertz CT molecular complexity index is 370. The van der Waals surface area contributed by atoms with Crippen molar-refractivity contribution in [1.82, 2.24) is 21.3 Å². The third kappa shape index (κ3) is 8.73. The predicted octanol–water partition coefficient (Wildman–Crippen LogP) is 1.94. The normalized spacial score (nSPS) is 21.4. The lowest BCUT2D eigenvalue weighted by Gasteiger charge is -2.23. The zero-order chi connectivity index (χ0) is 16.3. The van der Waals surface area contributed by atoms with E-state index in [0.29, 0.717) is 31.3 Å². The van der Waals surface area contributed by atoms with Gasteiger partial charge in [-0.15, -0.1) is 12.4 Å². The molecular formula is C17H33ClN4O2. The van der Waals surface area contributed by atoms with Crippen molar-refractivity contribution in [1.29, 1.82) is 0 Å². The molecule has 7 heteroatoms. The maximum atomic E-state index is 11.8. The van der Waals surface area contributed by atoms with E-state index in [4.69, 9.17) is 0 Å². The van der Waals surface area contributed by atoms with Gasteiger partial charge in [-0.1, -0.05) is 19.3 Å². The number of rotatable bonds is 7. The average Bonchev–Trinajstić information content (AvgIpc) is 2.59. The van der Waals surface area contributed by atoms with Crippen molar-refractivity contribution in [3.8, 4) is 0 Å². The summed E-state index contributed by atoms with van der Waals surface area (Å²) in [5, 5.41) is 12.2. The van der Waals surface area contributed by atoms with Crippen LogP contribution in [0.25, 0.3) is 0 Å². The van der Waals surface area contributed by atoms with E-state index < -0.39 is 0 Å². The summed E-state index contributed by atoms with van der Waals surface area (Å²) < 4.78 is 0. The third-order valence-electron chi connectivity index (χ3n) is 4.79. The summed E-state index contributed by atoms with van der Waals surface area (Å²) in [6, 6.07) is 0.238. The predicted molar refractivity (Wildman–Crippen MR) is 98.5 cm³/mol. The highest BCUT2D eigenvalue weighted by Crippen LogP contribution is 2.17. The molecule has 0 radical (unpaired) electrons. The summed E-state index contributed by atoms with van der Waals surface area (Å²) in [5.41, 5.74) is 0. The Labute approximate surface area is 151 Å². The molecule has 1 saturated heterocycles. The van der Waals surface area contributed by atoms with Crippen LogP contribution < -0.4 is 21.3 Å². The van der Waals surface area contributed by atoms with E-state index in [-0.39, 0.29) is 24.3 Å². The standard InChI is InChI=1S/C17H32N4O2.ClH/c22-16(20-13-14-6-4-10-18-12-14)9-5-11-19-17(23)21-15-7-2-1-3-8-15;/h14-15,18H,1-13H2,(H,20,22)(H2,19,21,23);1H. The van der Waals surface area contributed by atoms with E-state index >= 15 is 0 Å². The smallest absolute Gasteiger partial charge is 0.315 e.